The highest BCUT2D eigenvalue weighted by Crippen LogP contribution is 2.13. The monoisotopic (exact) mass is 433 g/mol. The van der Waals surface area contributed by atoms with Crippen LogP contribution in [0.3, 0.4) is 0 Å². The van der Waals surface area contributed by atoms with Gasteiger partial charge in [0.2, 0.25) is 0 Å². The molecule has 7 nitrogen and oxygen atoms in total. The van der Waals surface area contributed by atoms with Crippen molar-refractivity contribution in [3.8, 4) is 5.75 Å². The van der Waals surface area contributed by atoms with Crippen LogP contribution >= 0.6 is 0 Å². The molecule has 1 aromatic rings. The molecular weight excluding hydrogens is 390 g/mol. The molecule has 176 valence electrons. The van der Waals surface area contributed by atoms with Crippen molar-refractivity contribution in [2.75, 3.05) is 66.6 Å². The van der Waals surface area contributed by atoms with Crippen LogP contribution in [0.25, 0.3) is 0 Å². The van der Waals surface area contributed by atoms with Gasteiger partial charge in [0.05, 0.1) is 13.7 Å². The Morgan fingerprint density at radius 3 is 2.42 bits per heavy atom. The molecule has 1 unspecified atom stereocenters. The Kier molecular flexibility index (Phi) is 11.7. The van der Waals surface area contributed by atoms with Gasteiger partial charge in [0.25, 0.3) is 0 Å². The Labute approximate surface area is 189 Å². The van der Waals surface area contributed by atoms with Crippen molar-refractivity contribution in [3.05, 3.63) is 29.8 Å². The van der Waals surface area contributed by atoms with E-state index in [1.807, 2.05) is 19.1 Å². The van der Waals surface area contributed by atoms with E-state index in [4.69, 9.17) is 14.5 Å². The maximum absolute atomic E-state index is 5.46. The van der Waals surface area contributed by atoms with E-state index in [2.05, 4.69) is 53.5 Å². The van der Waals surface area contributed by atoms with Crippen molar-refractivity contribution in [3.63, 3.8) is 0 Å². The molecule has 2 N–H and O–H groups in total. The molecule has 7 heteroatoms. The molecule has 0 bridgehead atoms. The molecule has 0 aliphatic carbocycles. The standard InChI is InChI=1S/C24H43N5O2/c1-6-31-17-7-12-25-24(26-18-21-8-10-22(30-5)11-9-21)27-19-23(20(2)3)29-15-13-28(4)14-16-29/h8-11,20,23H,6-7,12-19H2,1-5H3,(H2,25,26,27). The van der Waals surface area contributed by atoms with Gasteiger partial charge in [0, 0.05) is 58.5 Å². The highest BCUT2D eigenvalue weighted by Gasteiger charge is 2.25. The van der Waals surface area contributed by atoms with Gasteiger partial charge >= 0.3 is 0 Å². The van der Waals surface area contributed by atoms with Crippen molar-refractivity contribution in [1.29, 1.82) is 0 Å². The van der Waals surface area contributed by atoms with E-state index in [1.54, 1.807) is 7.11 Å². The maximum atomic E-state index is 5.46. The number of guanidine groups is 1. The van der Waals surface area contributed by atoms with Crippen LogP contribution in [0.5, 0.6) is 5.75 Å². The Bertz CT molecular complexity index is 627. The van der Waals surface area contributed by atoms with E-state index in [9.17, 15) is 0 Å². The zero-order chi connectivity index (χ0) is 22.5. The summed E-state index contributed by atoms with van der Waals surface area (Å²) in [7, 11) is 3.89. The average Bonchev–Trinajstić information content (AvgIpc) is 2.78. The fraction of sp³-hybridized carbons (Fsp3) is 0.708. The number of likely N-dealkylation sites (N-methyl/N-ethyl adjacent to an activating group) is 1. The number of aliphatic imine (C=N–C) groups is 1. The smallest absolute Gasteiger partial charge is 0.191 e. The third kappa shape index (κ3) is 9.46. The lowest BCUT2D eigenvalue weighted by Gasteiger charge is -2.40. The van der Waals surface area contributed by atoms with E-state index in [-0.39, 0.29) is 0 Å². The van der Waals surface area contributed by atoms with Crippen LogP contribution in [0.1, 0.15) is 32.8 Å². The molecule has 1 aliphatic rings. The van der Waals surface area contributed by atoms with Crippen molar-refractivity contribution in [2.45, 2.75) is 39.8 Å². The Hall–Kier alpha value is -1.83. The van der Waals surface area contributed by atoms with Gasteiger partial charge in [-0.3, -0.25) is 4.90 Å². The first-order valence-electron chi connectivity index (χ1n) is 11.7. The summed E-state index contributed by atoms with van der Waals surface area (Å²) in [4.78, 5) is 9.87. The average molecular weight is 434 g/mol. The first-order valence-corrected chi connectivity index (χ1v) is 11.7. The molecule has 0 aromatic heterocycles. The van der Waals surface area contributed by atoms with Crippen LogP contribution in [-0.4, -0.2) is 88.4 Å². The van der Waals surface area contributed by atoms with E-state index in [0.29, 0.717) is 18.5 Å². The lowest BCUT2D eigenvalue weighted by molar-refractivity contribution is 0.0900. The Morgan fingerprint density at radius 1 is 1.10 bits per heavy atom. The summed E-state index contributed by atoms with van der Waals surface area (Å²) in [5, 5.41) is 7.09. The van der Waals surface area contributed by atoms with Crippen molar-refractivity contribution in [1.82, 2.24) is 20.4 Å². The largest absolute Gasteiger partial charge is 0.497 e. The minimum absolute atomic E-state index is 0.491. The first-order chi connectivity index (χ1) is 15.0. The van der Waals surface area contributed by atoms with Crippen LogP contribution in [-0.2, 0) is 11.3 Å². The van der Waals surface area contributed by atoms with Gasteiger partial charge in [-0.1, -0.05) is 26.0 Å². The number of rotatable bonds is 12. The molecule has 1 atom stereocenters. The van der Waals surface area contributed by atoms with Crippen LogP contribution < -0.4 is 15.4 Å². The van der Waals surface area contributed by atoms with Gasteiger partial charge in [-0.2, -0.15) is 0 Å². The van der Waals surface area contributed by atoms with Gasteiger partial charge in [-0.25, -0.2) is 4.99 Å². The molecular formula is C24H43N5O2. The number of piperazine rings is 1. The minimum atomic E-state index is 0.491. The van der Waals surface area contributed by atoms with Crippen LogP contribution in [0, 0.1) is 5.92 Å². The molecule has 0 spiro atoms. The van der Waals surface area contributed by atoms with E-state index in [0.717, 1.165) is 76.2 Å². The number of nitrogens with zero attached hydrogens (tertiary/aromatic N) is 3. The van der Waals surface area contributed by atoms with E-state index < -0.39 is 0 Å². The Balaban J connectivity index is 1.96. The number of hydrogen-bond acceptors (Lipinski definition) is 5. The zero-order valence-corrected chi connectivity index (χ0v) is 20.2. The van der Waals surface area contributed by atoms with Crippen LogP contribution in [0.15, 0.2) is 29.3 Å². The highest BCUT2D eigenvalue weighted by molar-refractivity contribution is 5.79. The van der Waals surface area contributed by atoms with Gasteiger partial charge < -0.3 is 25.0 Å². The van der Waals surface area contributed by atoms with Gasteiger partial charge in [0.1, 0.15) is 5.75 Å². The summed E-state index contributed by atoms with van der Waals surface area (Å²) in [6.07, 6.45) is 0.961. The SMILES string of the molecule is CCOCCCNC(=NCc1ccc(OC)cc1)NCC(C(C)C)N1CCN(C)CC1. The number of ether oxygens (including phenoxy) is 2. The number of nitrogens with one attached hydrogen (secondary N) is 2. The predicted octanol–water partition coefficient (Wildman–Crippen LogP) is 2.43. The molecule has 1 heterocycles. The quantitative estimate of drug-likeness (QED) is 0.300. The summed E-state index contributed by atoms with van der Waals surface area (Å²) in [5.74, 6) is 2.32. The van der Waals surface area contributed by atoms with Gasteiger partial charge in [-0.05, 0) is 44.0 Å². The van der Waals surface area contributed by atoms with E-state index in [1.165, 1.54) is 0 Å². The second-order valence-electron chi connectivity index (χ2n) is 8.52. The second-order valence-corrected chi connectivity index (χ2v) is 8.52. The molecule has 2 rings (SSSR count). The number of methoxy groups -OCH3 is 1. The maximum Gasteiger partial charge on any atom is 0.191 e. The Morgan fingerprint density at radius 2 is 1.81 bits per heavy atom. The van der Waals surface area contributed by atoms with Crippen molar-refractivity contribution >= 4 is 5.96 Å². The second kappa shape index (κ2) is 14.3. The highest BCUT2D eigenvalue weighted by atomic mass is 16.5. The lowest BCUT2D eigenvalue weighted by atomic mass is 10.0. The molecule has 0 saturated carbocycles. The molecule has 1 aromatic carbocycles. The summed E-state index contributed by atoms with van der Waals surface area (Å²) >= 11 is 0. The number of hydrogen-bond donors (Lipinski definition) is 2. The van der Waals surface area contributed by atoms with Crippen LogP contribution in [0.4, 0.5) is 0 Å². The normalized spacial score (nSPS) is 17.0. The fourth-order valence-electron chi connectivity index (χ4n) is 3.74. The van der Waals surface area contributed by atoms with Crippen molar-refractivity contribution < 1.29 is 9.47 Å². The minimum Gasteiger partial charge on any atom is -0.497 e. The molecule has 1 aliphatic heterocycles. The van der Waals surface area contributed by atoms with Crippen LogP contribution in [0.2, 0.25) is 0 Å². The third-order valence-electron chi connectivity index (χ3n) is 5.80. The summed E-state index contributed by atoms with van der Waals surface area (Å²) < 4.78 is 10.7. The molecule has 0 radical (unpaired) electrons. The fourth-order valence-corrected chi connectivity index (χ4v) is 3.74. The summed E-state index contributed by atoms with van der Waals surface area (Å²) in [6.45, 7) is 15.1. The topological polar surface area (TPSA) is 61.4 Å². The molecule has 1 fully saturated rings. The first kappa shape index (κ1) is 25.4. The van der Waals surface area contributed by atoms with Gasteiger partial charge in [-0.15, -0.1) is 0 Å². The molecule has 1 saturated heterocycles. The number of benzene rings is 1. The molecule has 0 amide bonds. The van der Waals surface area contributed by atoms with E-state index >= 15 is 0 Å². The lowest BCUT2D eigenvalue weighted by Crippen LogP contribution is -2.55. The molecule has 31 heavy (non-hydrogen) atoms. The zero-order valence-electron chi connectivity index (χ0n) is 20.2. The summed E-state index contributed by atoms with van der Waals surface area (Å²) in [5.41, 5.74) is 1.16. The van der Waals surface area contributed by atoms with Crippen molar-refractivity contribution in [2.24, 2.45) is 10.9 Å². The third-order valence-corrected chi connectivity index (χ3v) is 5.80. The van der Waals surface area contributed by atoms with Gasteiger partial charge in [0.15, 0.2) is 5.96 Å². The summed E-state index contributed by atoms with van der Waals surface area (Å²) in [6, 6.07) is 8.59. The predicted molar refractivity (Wildman–Crippen MR) is 129 cm³/mol.